The van der Waals surface area contributed by atoms with Gasteiger partial charge >= 0.3 is 5.97 Å². The van der Waals surface area contributed by atoms with Gasteiger partial charge in [-0.05, 0) is 31.7 Å². The summed E-state index contributed by atoms with van der Waals surface area (Å²) in [6.07, 6.45) is 1.58. The summed E-state index contributed by atoms with van der Waals surface area (Å²) in [6.45, 7) is 2.70. The third kappa shape index (κ3) is 4.56. The molecule has 2 N–H and O–H groups in total. The Balaban J connectivity index is 1.90. The molecule has 0 bridgehead atoms. The van der Waals surface area contributed by atoms with Gasteiger partial charge in [-0.1, -0.05) is 29.8 Å². The fraction of sp³-hybridized carbons (Fsp3) is 0.500. The van der Waals surface area contributed by atoms with E-state index in [0.717, 1.165) is 17.5 Å². The van der Waals surface area contributed by atoms with Crippen LogP contribution in [0.3, 0.4) is 0 Å². The first-order valence-corrected chi connectivity index (χ1v) is 7.24. The van der Waals surface area contributed by atoms with Gasteiger partial charge in [0.25, 0.3) is 0 Å². The number of rotatable bonds is 6. The van der Waals surface area contributed by atoms with Crippen LogP contribution in [0.1, 0.15) is 24.0 Å². The Hall–Kier alpha value is -1.88. The molecule has 0 spiro atoms. The zero-order chi connectivity index (χ0) is 15.2. The lowest BCUT2D eigenvalue weighted by Gasteiger charge is -2.16. The van der Waals surface area contributed by atoms with Crippen molar-refractivity contribution in [1.29, 1.82) is 0 Å². The number of hydrogen-bond donors (Lipinski definition) is 2. The molecular formula is C16H21NO4. The number of carbonyl (C=O) groups is 2. The molecule has 0 aliphatic carbocycles. The number of carbonyl (C=O) groups excluding carboxylic acids is 1. The van der Waals surface area contributed by atoms with Crippen LogP contribution in [-0.4, -0.2) is 36.2 Å². The second kappa shape index (κ2) is 7.22. The number of amides is 1. The van der Waals surface area contributed by atoms with Crippen LogP contribution in [-0.2, 0) is 20.7 Å². The van der Waals surface area contributed by atoms with Crippen molar-refractivity contribution >= 4 is 11.9 Å². The van der Waals surface area contributed by atoms with E-state index in [1.165, 1.54) is 0 Å². The van der Waals surface area contributed by atoms with Crippen molar-refractivity contribution in [1.82, 2.24) is 5.32 Å². The Morgan fingerprint density at radius 2 is 2.29 bits per heavy atom. The van der Waals surface area contributed by atoms with Crippen molar-refractivity contribution in [3.05, 3.63) is 35.4 Å². The van der Waals surface area contributed by atoms with Crippen LogP contribution in [0.15, 0.2) is 24.3 Å². The van der Waals surface area contributed by atoms with Crippen molar-refractivity contribution in [2.75, 3.05) is 13.2 Å². The van der Waals surface area contributed by atoms with Crippen molar-refractivity contribution in [3.8, 4) is 0 Å². The quantitative estimate of drug-likeness (QED) is 0.833. The van der Waals surface area contributed by atoms with Crippen molar-refractivity contribution in [2.45, 2.75) is 32.3 Å². The highest BCUT2D eigenvalue weighted by Crippen LogP contribution is 2.13. The molecule has 1 aromatic rings. The van der Waals surface area contributed by atoms with Gasteiger partial charge in [0.2, 0.25) is 5.91 Å². The third-order valence-electron chi connectivity index (χ3n) is 3.66. The van der Waals surface area contributed by atoms with Gasteiger partial charge in [0.1, 0.15) is 6.10 Å². The van der Waals surface area contributed by atoms with Crippen molar-refractivity contribution < 1.29 is 19.4 Å². The topological polar surface area (TPSA) is 75.6 Å². The molecule has 1 aliphatic rings. The molecule has 114 valence electrons. The summed E-state index contributed by atoms with van der Waals surface area (Å²) in [5.41, 5.74) is 2.06. The van der Waals surface area contributed by atoms with Gasteiger partial charge in [0, 0.05) is 13.2 Å². The van der Waals surface area contributed by atoms with E-state index >= 15 is 0 Å². The normalized spacial score (nSPS) is 19.2. The summed E-state index contributed by atoms with van der Waals surface area (Å²) in [4.78, 5) is 23.2. The molecule has 0 unspecified atom stereocenters. The van der Waals surface area contributed by atoms with Crippen molar-refractivity contribution in [3.63, 3.8) is 0 Å². The van der Waals surface area contributed by atoms with E-state index in [1.807, 2.05) is 31.2 Å². The molecule has 1 saturated heterocycles. The number of carboxylic acid groups (broad SMARTS) is 1. The van der Waals surface area contributed by atoms with Crippen LogP contribution in [0.25, 0.3) is 0 Å². The van der Waals surface area contributed by atoms with Gasteiger partial charge in [0.15, 0.2) is 0 Å². The van der Waals surface area contributed by atoms with Gasteiger partial charge in [-0.2, -0.15) is 0 Å². The van der Waals surface area contributed by atoms with Crippen LogP contribution >= 0.6 is 0 Å². The molecule has 5 heteroatoms. The first-order valence-electron chi connectivity index (χ1n) is 7.24. The number of aryl methyl sites for hydroxylation is 1. The average molecular weight is 291 g/mol. The van der Waals surface area contributed by atoms with Crippen LogP contribution in [0.2, 0.25) is 0 Å². The highest BCUT2D eigenvalue weighted by atomic mass is 16.5. The molecule has 1 heterocycles. The molecule has 2 rings (SSSR count). The maximum atomic E-state index is 11.8. The fourth-order valence-electron chi connectivity index (χ4n) is 2.49. The minimum absolute atomic E-state index is 0.127. The second-order valence-electron chi connectivity index (χ2n) is 5.48. The number of hydrogen-bond acceptors (Lipinski definition) is 3. The highest BCUT2D eigenvalue weighted by molar-refractivity contribution is 5.81. The largest absolute Gasteiger partial charge is 0.481 e. The SMILES string of the molecule is Cc1cccc(C[C@@H](CNC(=O)[C@H]2CCCO2)C(=O)O)c1. The maximum Gasteiger partial charge on any atom is 0.308 e. The van der Waals surface area contributed by atoms with E-state index in [0.29, 0.717) is 19.4 Å². The predicted molar refractivity (Wildman–Crippen MR) is 78.0 cm³/mol. The number of benzene rings is 1. The zero-order valence-electron chi connectivity index (χ0n) is 12.2. The van der Waals surface area contributed by atoms with E-state index in [9.17, 15) is 14.7 Å². The van der Waals surface area contributed by atoms with E-state index in [-0.39, 0.29) is 12.5 Å². The fourth-order valence-corrected chi connectivity index (χ4v) is 2.49. The standard InChI is InChI=1S/C16H21NO4/c1-11-4-2-5-12(8-11)9-13(16(19)20)10-17-15(18)14-6-3-7-21-14/h2,4-5,8,13-14H,3,6-7,9-10H2,1H3,(H,17,18)(H,19,20)/t13-,14+/m0/s1. The molecule has 0 saturated carbocycles. The van der Waals surface area contributed by atoms with Gasteiger partial charge in [-0.15, -0.1) is 0 Å². The lowest BCUT2D eigenvalue weighted by atomic mass is 9.98. The molecule has 0 aromatic heterocycles. The monoisotopic (exact) mass is 291 g/mol. The highest BCUT2D eigenvalue weighted by Gasteiger charge is 2.25. The summed E-state index contributed by atoms with van der Waals surface area (Å²) in [5, 5.41) is 12.0. The average Bonchev–Trinajstić information content (AvgIpc) is 2.97. The van der Waals surface area contributed by atoms with Gasteiger partial charge in [-0.25, -0.2) is 0 Å². The Morgan fingerprint density at radius 1 is 1.48 bits per heavy atom. The van der Waals surface area contributed by atoms with Gasteiger partial charge in [-0.3, -0.25) is 9.59 Å². The lowest BCUT2D eigenvalue weighted by Crippen LogP contribution is -2.39. The summed E-state index contributed by atoms with van der Waals surface area (Å²) in [7, 11) is 0. The summed E-state index contributed by atoms with van der Waals surface area (Å²) >= 11 is 0. The minimum Gasteiger partial charge on any atom is -0.481 e. The van der Waals surface area contributed by atoms with E-state index < -0.39 is 18.0 Å². The zero-order valence-corrected chi connectivity index (χ0v) is 12.2. The second-order valence-corrected chi connectivity index (χ2v) is 5.48. The number of carboxylic acids is 1. The Bertz CT molecular complexity index is 509. The molecule has 21 heavy (non-hydrogen) atoms. The summed E-state index contributed by atoms with van der Waals surface area (Å²) < 4.78 is 5.28. The molecule has 1 aliphatic heterocycles. The van der Waals surface area contributed by atoms with Crippen LogP contribution in [0.5, 0.6) is 0 Å². The Morgan fingerprint density at radius 3 is 2.90 bits per heavy atom. The first kappa shape index (κ1) is 15.5. The molecular weight excluding hydrogens is 270 g/mol. The van der Waals surface area contributed by atoms with E-state index in [1.54, 1.807) is 0 Å². The van der Waals surface area contributed by atoms with E-state index in [2.05, 4.69) is 5.32 Å². The number of nitrogens with one attached hydrogen (secondary N) is 1. The van der Waals surface area contributed by atoms with Gasteiger partial charge in [0.05, 0.1) is 5.92 Å². The molecule has 1 aromatic carbocycles. The minimum atomic E-state index is -0.899. The lowest BCUT2D eigenvalue weighted by molar-refractivity contribution is -0.141. The van der Waals surface area contributed by atoms with Crippen LogP contribution in [0.4, 0.5) is 0 Å². The van der Waals surface area contributed by atoms with Crippen molar-refractivity contribution in [2.24, 2.45) is 5.92 Å². The Labute approximate surface area is 124 Å². The van der Waals surface area contributed by atoms with Crippen LogP contribution < -0.4 is 5.32 Å². The Kier molecular flexibility index (Phi) is 5.33. The molecule has 0 radical (unpaired) electrons. The molecule has 1 fully saturated rings. The summed E-state index contributed by atoms with van der Waals surface area (Å²) in [5.74, 6) is -1.73. The maximum absolute atomic E-state index is 11.8. The molecule has 5 nitrogen and oxygen atoms in total. The molecule has 2 atom stereocenters. The number of aliphatic carboxylic acids is 1. The number of ether oxygens (including phenoxy) is 1. The first-order chi connectivity index (χ1) is 10.1. The predicted octanol–water partition coefficient (Wildman–Crippen LogP) is 1.53. The summed E-state index contributed by atoms with van der Waals surface area (Å²) in [6, 6.07) is 7.76. The van der Waals surface area contributed by atoms with Gasteiger partial charge < -0.3 is 15.2 Å². The molecule has 1 amide bonds. The van der Waals surface area contributed by atoms with Crippen LogP contribution in [0, 0.1) is 12.8 Å². The third-order valence-corrected chi connectivity index (χ3v) is 3.66. The smallest absolute Gasteiger partial charge is 0.308 e. The van der Waals surface area contributed by atoms with E-state index in [4.69, 9.17) is 4.74 Å².